The predicted octanol–water partition coefficient (Wildman–Crippen LogP) is 3.47. The highest BCUT2D eigenvalue weighted by Gasteiger charge is 2.14. The molecule has 0 radical (unpaired) electrons. The van der Waals surface area contributed by atoms with E-state index in [0.717, 1.165) is 17.7 Å². The highest BCUT2D eigenvalue weighted by atomic mass is 16.4. The van der Waals surface area contributed by atoms with Crippen LogP contribution < -0.4 is 5.32 Å². The van der Waals surface area contributed by atoms with E-state index in [9.17, 15) is 4.79 Å². The summed E-state index contributed by atoms with van der Waals surface area (Å²) in [6.07, 6.45) is 2.89. The van der Waals surface area contributed by atoms with Gasteiger partial charge in [0.1, 0.15) is 5.76 Å². The molecule has 0 saturated carbocycles. The third-order valence-corrected chi connectivity index (χ3v) is 4.02. The van der Waals surface area contributed by atoms with Gasteiger partial charge in [-0.3, -0.25) is 9.78 Å². The van der Waals surface area contributed by atoms with Crippen LogP contribution in [0.15, 0.2) is 53.1 Å². The first-order valence-corrected chi connectivity index (χ1v) is 8.38. The molecule has 1 N–H and O–H groups in total. The molecule has 0 fully saturated rings. The SMILES string of the molecule is CCc1ccc(-c2nc(CC(=O)NCc3ccccn3)c(C)o2)cc1. The number of carbonyl (C=O) groups excluding carboxylic acids is 1. The number of nitrogens with zero attached hydrogens (tertiary/aromatic N) is 2. The van der Waals surface area contributed by atoms with Gasteiger partial charge in [0.15, 0.2) is 0 Å². The van der Waals surface area contributed by atoms with Crippen molar-refractivity contribution in [1.29, 1.82) is 0 Å². The number of hydrogen-bond donors (Lipinski definition) is 1. The van der Waals surface area contributed by atoms with Crippen molar-refractivity contribution in [2.24, 2.45) is 0 Å². The van der Waals surface area contributed by atoms with Gasteiger partial charge in [-0.1, -0.05) is 25.1 Å². The number of hydrogen-bond acceptors (Lipinski definition) is 4. The lowest BCUT2D eigenvalue weighted by atomic mass is 10.1. The maximum atomic E-state index is 12.1. The lowest BCUT2D eigenvalue weighted by Crippen LogP contribution is -2.25. The van der Waals surface area contributed by atoms with Crippen LogP contribution in [0, 0.1) is 6.92 Å². The lowest BCUT2D eigenvalue weighted by Gasteiger charge is -2.03. The molecular formula is C20H21N3O2. The first-order chi connectivity index (χ1) is 12.2. The van der Waals surface area contributed by atoms with Gasteiger partial charge in [-0.25, -0.2) is 4.98 Å². The van der Waals surface area contributed by atoms with E-state index in [2.05, 4.69) is 34.3 Å². The van der Waals surface area contributed by atoms with Crippen molar-refractivity contribution >= 4 is 5.91 Å². The minimum atomic E-state index is -0.102. The molecule has 0 atom stereocenters. The topological polar surface area (TPSA) is 68.0 Å². The van der Waals surface area contributed by atoms with Crippen molar-refractivity contribution in [3.63, 3.8) is 0 Å². The van der Waals surface area contributed by atoms with Gasteiger partial charge in [-0.15, -0.1) is 0 Å². The molecule has 5 nitrogen and oxygen atoms in total. The van der Waals surface area contributed by atoms with Crippen molar-refractivity contribution in [3.05, 3.63) is 71.4 Å². The molecule has 5 heteroatoms. The molecule has 0 spiro atoms. The molecule has 3 rings (SSSR count). The Morgan fingerprint density at radius 3 is 2.64 bits per heavy atom. The van der Waals surface area contributed by atoms with E-state index in [1.54, 1.807) is 6.20 Å². The summed E-state index contributed by atoms with van der Waals surface area (Å²) in [5.41, 5.74) is 3.67. The van der Waals surface area contributed by atoms with E-state index in [0.29, 0.717) is 23.9 Å². The third-order valence-electron chi connectivity index (χ3n) is 4.02. The van der Waals surface area contributed by atoms with E-state index >= 15 is 0 Å². The standard InChI is InChI=1S/C20H21N3O2/c1-3-15-7-9-16(10-8-15)20-23-18(14(2)25-20)12-19(24)22-13-17-6-4-5-11-21-17/h4-11H,3,12-13H2,1-2H3,(H,22,24). The fourth-order valence-electron chi connectivity index (χ4n) is 2.50. The van der Waals surface area contributed by atoms with Crippen LogP contribution in [0.2, 0.25) is 0 Å². The quantitative estimate of drug-likeness (QED) is 0.749. The number of aryl methyl sites for hydroxylation is 2. The second-order valence-corrected chi connectivity index (χ2v) is 5.85. The largest absolute Gasteiger partial charge is 0.441 e. The van der Waals surface area contributed by atoms with Gasteiger partial charge in [-0.2, -0.15) is 0 Å². The second-order valence-electron chi connectivity index (χ2n) is 5.85. The highest BCUT2D eigenvalue weighted by molar-refractivity contribution is 5.78. The summed E-state index contributed by atoms with van der Waals surface area (Å²) in [4.78, 5) is 20.8. The predicted molar refractivity (Wildman–Crippen MR) is 95.8 cm³/mol. The van der Waals surface area contributed by atoms with Crippen molar-refractivity contribution in [1.82, 2.24) is 15.3 Å². The maximum Gasteiger partial charge on any atom is 0.226 e. The Labute approximate surface area is 147 Å². The van der Waals surface area contributed by atoms with Crippen LogP contribution in [-0.2, 0) is 24.2 Å². The molecule has 25 heavy (non-hydrogen) atoms. The first kappa shape index (κ1) is 16.9. The Morgan fingerprint density at radius 1 is 1.16 bits per heavy atom. The molecule has 0 bridgehead atoms. The first-order valence-electron chi connectivity index (χ1n) is 8.38. The molecule has 128 valence electrons. The average molecular weight is 335 g/mol. The van der Waals surface area contributed by atoms with Crippen molar-refractivity contribution in [2.75, 3.05) is 0 Å². The summed E-state index contributed by atoms with van der Waals surface area (Å²) < 4.78 is 5.73. The van der Waals surface area contributed by atoms with Crippen LogP contribution in [0.5, 0.6) is 0 Å². The minimum absolute atomic E-state index is 0.102. The number of carbonyl (C=O) groups is 1. The summed E-state index contributed by atoms with van der Waals surface area (Å²) in [5, 5.41) is 2.86. The average Bonchev–Trinajstić information content (AvgIpc) is 3.01. The van der Waals surface area contributed by atoms with Crippen molar-refractivity contribution in [2.45, 2.75) is 33.2 Å². The smallest absolute Gasteiger partial charge is 0.226 e. The summed E-state index contributed by atoms with van der Waals surface area (Å²) in [6, 6.07) is 13.7. The number of benzene rings is 1. The van der Waals surface area contributed by atoms with Crippen LogP contribution in [0.25, 0.3) is 11.5 Å². The van der Waals surface area contributed by atoms with Gasteiger partial charge in [0.25, 0.3) is 0 Å². The number of oxazole rings is 1. The Hall–Kier alpha value is -2.95. The third kappa shape index (κ3) is 4.32. The molecule has 2 heterocycles. The van der Waals surface area contributed by atoms with Gasteiger partial charge in [-0.05, 0) is 43.2 Å². The van der Waals surface area contributed by atoms with E-state index in [4.69, 9.17) is 4.42 Å². The normalized spacial score (nSPS) is 10.6. The van der Waals surface area contributed by atoms with Crippen LogP contribution in [-0.4, -0.2) is 15.9 Å². The Bertz CT molecular complexity index is 839. The van der Waals surface area contributed by atoms with E-state index in [1.165, 1.54) is 5.56 Å². The zero-order chi connectivity index (χ0) is 17.6. The monoisotopic (exact) mass is 335 g/mol. The molecule has 0 unspecified atom stereocenters. The molecule has 0 aliphatic heterocycles. The van der Waals surface area contributed by atoms with Crippen LogP contribution in [0.3, 0.4) is 0 Å². The fraction of sp³-hybridized carbons (Fsp3) is 0.250. The van der Waals surface area contributed by atoms with Gasteiger partial charge in [0.2, 0.25) is 11.8 Å². The second kappa shape index (κ2) is 7.75. The number of nitrogens with one attached hydrogen (secondary N) is 1. The number of aromatic nitrogens is 2. The molecule has 0 aliphatic rings. The zero-order valence-electron chi connectivity index (χ0n) is 14.5. The number of rotatable bonds is 6. The maximum absolute atomic E-state index is 12.1. The Kier molecular flexibility index (Phi) is 5.23. The lowest BCUT2D eigenvalue weighted by molar-refractivity contribution is -0.120. The molecule has 1 amide bonds. The Morgan fingerprint density at radius 2 is 1.96 bits per heavy atom. The van der Waals surface area contributed by atoms with Crippen LogP contribution >= 0.6 is 0 Å². The fourth-order valence-corrected chi connectivity index (χ4v) is 2.50. The van der Waals surface area contributed by atoms with Gasteiger partial charge < -0.3 is 9.73 Å². The Balaban J connectivity index is 1.64. The van der Waals surface area contributed by atoms with Crippen LogP contribution in [0.4, 0.5) is 0 Å². The summed E-state index contributed by atoms with van der Waals surface area (Å²) in [6.45, 7) is 4.35. The van der Waals surface area contributed by atoms with Gasteiger partial charge in [0.05, 0.1) is 24.4 Å². The van der Waals surface area contributed by atoms with Gasteiger partial charge >= 0.3 is 0 Å². The van der Waals surface area contributed by atoms with E-state index in [-0.39, 0.29) is 12.3 Å². The van der Waals surface area contributed by atoms with Crippen molar-refractivity contribution in [3.8, 4) is 11.5 Å². The summed E-state index contributed by atoms with van der Waals surface area (Å²) in [7, 11) is 0. The highest BCUT2D eigenvalue weighted by Crippen LogP contribution is 2.22. The van der Waals surface area contributed by atoms with E-state index in [1.807, 2.05) is 37.3 Å². The molecule has 1 aromatic carbocycles. The zero-order valence-corrected chi connectivity index (χ0v) is 14.5. The molecule has 2 aromatic heterocycles. The molecule has 0 saturated heterocycles. The summed E-state index contributed by atoms with van der Waals surface area (Å²) in [5.74, 6) is 1.12. The summed E-state index contributed by atoms with van der Waals surface area (Å²) >= 11 is 0. The molecular weight excluding hydrogens is 314 g/mol. The van der Waals surface area contributed by atoms with Crippen molar-refractivity contribution < 1.29 is 9.21 Å². The molecule has 3 aromatic rings. The van der Waals surface area contributed by atoms with Gasteiger partial charge in [0, 0.05) is 11.8 Å². The minimum Gasteiger partial charge on any atom is -0.441 e. The number of pyridine rings is 1. The number of amides is 1. The van der Waals surface area contributed by atoms with Crippen LogP contribution in [0.1, 0.15) is 29.6 Å². The molecule has 0 aliphatic carbocycles. The van der Waals surface area contributed by atoms with E-state index < -0.39 is 0 Å².